The summed E-state index contributed by atoms with van der Waals surface area (Å²) in [7, 11) is 0. The molecule has 0 aromatic heterocycles. The first-order chi connectivity index (χ1) is 18.6. The van der Waals surface area contributed by atoms with Gasteiger partial charge in [0, 0.05) is 43.1 Å². The Labute approximate surface area is 229 Å². The van der Waals surface area contributed by atoms with Crippen LogP contribution in [0.4, 0.5) is 0 Å². The van der Waals surface area contributed by atoms with Gasteiger partial charge >= 0.3 is 5.97 Å². The lowest BCUT2D eigenvalue weighted by atomic mass is 9.95. The van der Waals surface area contributed by atoms with Crippen molar-refractivity contribution in [2.45, 2.75) is 61.1 Å². The predicted molar refractivity (Wildman–Crippen MR) is 152 cm³/mol. The number of benzene rings is 3. The summed E-state index contributed by atoms with van der Waals surface area (Å²) in [6, 6.07) is 27.1. The molecule has 1 saturated heterocycles. The molecule has 200 valence electrons. The molecule has 1 saturated carbocycles. The first kappa shape index (κ1) is 26.8. The Kier molecular flexibility index (Phi) is 8.72. The molecule has 3 aromatic carbocycles. The molecule has 1 heterocycles. The summed E-state index contributed by atoms with van der Waals surface area (Å²) >= 11 is -1.48. The highest BCUT2D eigenvalue weighted by atomic mass is 32.2. The third-order valence-corrected chi connectivity index (χ3v) is 9.61. The molecule has 1 atom stereocenters. The molecule has 3 aromatic rings. The van der Waals surface area contributed by atoms with Crippen molar-refractivity contribution < 1.29 is 18.8 Å². The molecule has 0 spiro atoms. The van der Waals surface area contributed by atoms with Crippen molar-refractivity contribution in [1.29, 1.82) is 0 Å². The number of hydrogen-bond acceptors (Lipinski definition) is 5. The number of hydrogen-bond donors (Lipinski definition) is 0. The van der Waals surface area contributed by atoms with Crippen molar-refractivity contribution in [2.75, 3.05) is 26.3 Å². The van der Waals surface area contributed by atoms with E-state index < -0.39 is 15.9 Å². The second-order valence-electron chi connectivity index (χ2n) is 10.2. The van der Waals surface area contributed by atoms with Crippen LogP contribution in [0.5, 0.6) is 5.75 Å². The maximum absolute atomic E-state index is 13.7. The minimum atomic E-state index is -1.48. The average molecular weight is 532 g/mol. The smallest absolute Gasteiger partial charge is 0.363 e. The lowest BCUT2D eigenvalue weighted by Crippen LogP contribution is -2.55. The molecule has 1 unspecified atom stereocenters. The van der Waals surface area contributed by atoms with Crippen molar-refractivity contribution in [3.05, 3.63) is 84.4 Å². The van der Waals surface area contributed by atoms with Crippen LogP contribution in [0.3, 0.4) is 0 Å². The molecule has 6 heteroatoms. The largest absolute Gasteiger partial charge is 0.611 e. The Morgan fingerprint density at radius 2 is 1.68 bits per heavy atom. The molecule has 1 aliphatic carbocycles. The molecule has 1 aliphatic heterocycles. The first-order valence-corrected chi connectivity index (χ1v) is 14.9. The van der Waals surface area contributed by atoms with Crippen LogP contribution in [0.2, 0.25) is 0 Å². The second-order valence-corrected chi connectivity index (χ2v) is 12.0. The number of nitrogens with zero attached hydrogens (tertiary/aromatic N) is 1. The maximum Gasteiger partial charge on any atom is 0.363 e. The summed E-state index contributed by atoms with van der Waals surface area (Å²) in [4.78, 5) is 16.1. The van der Waals surface area contributed by atoms with Gasteiger partial charge in [0.15, 0.2) is 4.90 Å². The Hall–Kier alpha value is -2.80. The van der Waals surface area contributed by atoms with E-state index in [2.05, 4.69) is 53.4 Å². The third kappa shape index (κ3) is 6.25. The fraction of sp³-hybridized carbons (Fsp3) is 0.406. The van der Waals surface area contributed by atoms with Crippen LogP contribution in [0, 0.1) is 0 Å². The fourth-order valence-electron chi connectivity index (χ4n) is 5.31. The van der Waals surface area contributed by atoms with Gasteiger partial charge in [-0.25, -0.2) is 4.79 Å². The molecule has 0 radical (unpaired) electrons. The molecule has 0 N–H and O–H groups in total. The normalized spacial score (nSPS) is 18.1. The summed E-state index contributed by atoms with van der Waals surface area (Å²) in [5, 5.41) is 0. The van der Waals surface area contributed by atoms with E-state index in [0.717, 1.165) is 31.7 Å². The van der Waals surface area contributed by atoms with Crippen LogP contribution in [-0.4, -0.2) is 52.5 Å². The number of likely N-dealkylation sites (tertiary alicyclic amines) is 1. The van der Waals surface area contributed by atoms with Gasteiger partial charge in [0.25, 0.3) is 0 Å². The Morgan fingerprint density at radius 1 is 0.974 bits per heavy atom. The summed E-state index contributed by atoms with van der Waals surface area (Å²) < 4.78 is 24.2. The van der Waals surface area contributed by atoms with Gasteiger partial charge in [-0.2, -0.15) is 0 Å². The SMILES string of the molecule is CCOC(=O)C1([S+]([O-])c2ccc(OCCCc3cccc(-c4ccccc4)c3)cc2)CCN(C2CC2)CC1. The summed E-state index contributed by atoms with van der Waals surface area (Å²) in [5.74, 6) is 0.419. The molecule has 0 amide bonds. The number of carbonyl (C=O) groups excluding carboxylic acids is 1. The van der Waals surface area contributed by atoms with Gasteiger partial charge in [-0.15, -0.1) is 0 Å². The van der Waals surface area contributed by atoms with E-state index in [0.29, 0.717) is 37.0 Å². The van der Waals surface area contributed by atoms with Crippen LogP contribution in [0.15, 0.2) is 83.8 Å². The maximum atomic E-state index is 13.7. The molecular formula is C32H37NO4S. The molecule has 5 rings (SSSR count). The topological polar surface area (TPSA) is 61.8 Å². The predicted octanol–water partition coefficient (Wildman–Crippen LogP) is 6.03. The van der Waals surface area contributed by atoms with Crippen molar-refractivity contribution in [3.8, 4) is 16.9 Å². The zero-order chi connectivity index (χ0) is 26.4. The van der Waals surface area contributed by atoms with Gasteiger partial charge in [0.2, 0.25) is 4.75 Å². The van der Waals surface area contributed by atoms with Crippen LogP contribution in [0.25, 0.3) is 11.1 Å². The fourth-order valence-corrected chi connectivity index (χ4v) is 6.90. The minimum absolute atomic E-state index is 0.299. The Morgan fingerprint density at radius 3 is 2.37 bits per heavy atom. The van der Waals surface area contributed by atoms with Crippen LogP contribution in [0.1, 0.15) is 44.6 Å². The summed E-state index contributed by atoms with van der Waals surface area (Å²) in [6.45, 7) is 4.30. The molecule has 2 aliphatic rings. The van der Waals surface area contributed by atoms with Crippen LogP contribution in [-0.2, 0) is 27.1 Å². The zero-order valence-electron chi connectivity index (χ0n) is 22.1. The number of ether oxygens (including phenoxy) is 2. The average Bonchev–Trinajstić information content (AvgIpc) is 3.82. The van der Waals surface area contributed by atoms with E-state index in [9.17, 15) is 9.35 Å². The van der Waals surface area contributed by atoms with E-state index in [-0.39, 0.29) is 5.97 Å². The lowest BCUT2D eigenvalue weighted by Gasteiger charge is -2.40. The number of carbonyl (C=O) groups is 1. The van der Waals surface area contributed by atoms with Gasteiger partial charge in [-0.1, -0.05) is 54.6 Å². The summed E-state index contributed by atoms with van der Waals surface area (Å²) in [6.07, 6.45) is 5.43. The van der Waals surface area contributed by atoms with Crippen LogP contribution >= 0.6 is 0 Å². The van der Waals surface area contributed by atoms with Crippen molar-refractivity contribution in [1.82, 2.24) is 4.90 Å². The number of rotatable bonds is 11. The lowest BCUT2D eigenvalue weighted by molar-refractivity contribution is -0.147. The van der Waals surface area contributed by atoms with Crippen molar-refractivity contribution in [3.63, 3.8) is 0 Å². The molecule has 2 fully saturated rings. The van der Waals surface area contributed by atoms with Gasteiger partial charge in [0.1, 0.15) is 5.75 Å². The van der Waals surface area contributed by atoms with Crippen molar-refractivity contribution >= 4 is 17.1 Å². The Balaban J connectivity index is 1.15. The van der Waals surface area contributed by atoms with E-state index in [1.54, 1.807) is 6.92 Å². The number of esters is 1. The van der Waals surface area contributed by atoms with Gasteiger partial charge < -0.3 is 14.0 Å². The third-order valence-electron chi connectivity index (χ3n) is 7.62. The monoisotopic (exact) mass is 531 g/mol. The van der Waals surface area contributed by atoms with Crippen LogP contribution < -0.4 is 4.74 Å². The number of aryl methyl sites for hydroxylation is 1. The van der Waals surface area contributed by atoms with Crippen molar-refractivity contribution in [2.24, 2.45) is 0 Å². The zero-order valence-corrected chi connectivity index (χ0v) is 23.0. The quantitative estimate of drug-likeness (QED) is 0.172. The van der Waals surface area contributed by atoms with E-state index in [1.807, 2.05) is 30.3 Å². The van der Waals surface area contributed by atoms with Gasteiger partial charge in [-0.3, -0.25) is 4.90 Å². The van der Waals surface area contributed by atoms with E-state index in [1.165, 1.54) is 29.5 Å². The highest BCUT2D eigenvalue weighted by Crippen LogP contribution is 2.40. The second kappa shape index (κ2) is 12.4. The first-order valence-electron chi connectivity index (χ1n) is 13.8. The minimum Gasteiger partial charge on any atom is -0.611 e. The number of piperidine rings is 1. The highest BCUT2D eigenvalue weighted by Gasteiger charge is 2.55. The molecule has 0 bridgehead atoms. The summed E-state index contributed by atoms with van der Waals surface area (Å²) in [5.41, 5.74) is 3.74. The molecule has 5 nitrogen and oxygen atoms in total. The van der Waals surface area contributed by atoms with Gasteiger partial charge in [-0.05, 0) is 73.6 Å². The standard InChI is InChI=1S/C32H37NO4S/c1-2-36-31(34)32(19-21-33(22-20-32)28-13-14-28)38(35)30-17-15-29(16-18-30)37-23-7-9-25-8-6-12-27(24-25)26-10-4-3-5-11-26/h3-6,8,10-12,15-18,24,28H,2,7,9,13-14,19-23H2,1H3. The molecular weight excluding hydrogens is 494 g/mol. The van der Waals surface area contributed by atoms with E-state index >= 15 is 0 Å². The Bertz CT molecular complexity index is 1190. The molecule has 38 heavy (non-hydrogen) atoms. The highest BCUT2D eigenvalue weighted by molar-refractivity contribution is 7.93. The van der Waals surface area contributed by atoms with Gasteiger partial charge in [0.05, 0.1) is 13.2 Å². The van der Waals surface area contributed by atoms with E-state index in [4.69, 9.17) is 9.47 Å².